The minimum absolute atomic E-state index is 0.00418. The van der Waals surface area contributed by atoms with Crippen LogP contribution in [-0.2, 0) is 21.4 Å². The molecule has 1 amide bonds. The maximum absolute atomic E-state index is 13.3. The summed E-state index contributed by atoms with van der Waals surface area (Å²) < 4.78 is 30.0. The number of hydrogen-bond acceptors (Lipinski definition) is 5. The first-order valence-corrected chi connectivity index (χ1v) is 12.8. The molecule has 0 aliphatic carbocycles. The standard InChI is InChI=1S/C23H23N3O4S2/c1-15(27)24-18-4-6-19(7-5-18)32(29,30)25-12-16-11-17(14-25)21-9-8-20(22-3-2-10-31-22)23(28)26(21)13-16/h2-10,16-17H,11-14H2,1H3,(H,24,27)/t16-,17+/m0/s1. The van der Waals surface area contributed by atoms with Gasteiger partial charge in [-0.3, -0.25) is 9.59 Å². The van der Waals surface area contributed by atoms with Gasteiger partial charge in [-0.15, -0.1) is 11.3 Å². The Morgan fingerprint density at radius 2 is 1.84 bits per heavy atom. The monoisotopic (exact) mass is 469 g/mol. The van der Waals surface area contributed by atoms with Crippen LogP contribution in [0.1, 0.15) is 25.0 Å². The number of fused-ring (bicyclic) bond motifs is 4. The van der Waals surface area contributed by atoms with E-state index in [1.54, 1.807) is 27.8 Å². The average Bonchev–Trinajstić information content (AvgIpc) is 3.29. The molecular weight excluding hydrogens is 446 g/mol. The van der Waals surface area contributed by atoms with Crippen molar-refractivity contribution >= 4 is 33.0 Å². The number of pyridine rings is 1. The number of amides is 1. The van der Waals surface area contributed by atoms with Crippen LogP contribution in [0.5, 0.6) is 0 Å². The van der Waals surface area contributed by atoms with Crippen LogP contribution in [0.2, 0.25) is 0 Å². The fraction of sp³-hybridized carbons (Fsp3) is 0.304. The highest BCUT2D eigenvalue weighted by Crippen LogP contribution is 2.38. The van der Waals surface area contributed by atoms with Crippen LogP contribution in [0.3, 0.4) is 0 Å². The average molecular weight is 470 g/mol. The van der Waals surface area contributed by atoms with Gasteiger partial charge in [-0.05, 0) is 60.2 Å². The summed E-state index contributed by atoms with van der Waals surface area (Å²) in [7, 11) is -3.67. The number of nitrogens with zero attached hydrogens (tertiary/aromatic N) is 2. The Balaban J connectivity index is 1.43. The first-order valence-electron chi connectivity index (χ1n) is 10.5. The minimum atomic E-state index is -3.67. The molecule has 2 aliphatic rings. The first-order chi connectivity index (χ1) is 15.3. The lowest BCUT2D eigenvalue weighted by Crippen LogP contribution is -2.49. The number of carbonyl (C=O) groups is 1. The van der Waals surface area contributed by atoms with Crippen LogP contribution in [0.15, 0.2) is 63.6 Å². The van der Waals surface area contributed by atoms with Gasteiger partial charge >= 0.3 is 0 Å². The van der Waals surface area contributed by atoms with Gasteiger partial charge in [-0.1, -0.05) is 6.07 Å². The fourth-order valence-electron chi connectivity index (χ4n) is 4.78. The van der Waals surface area contributed by atoms with E-state index in [1.807, 2.05) is 34.2 Å². The smallest absolute Gasteiger partial charge is 0.259 e. The summed E-state index contributed by atoms with van der Waals surface area (Å²) in [6.07, 6.45) is 0.880. The highest BCUT2D eigenvalue weighted by atomic mass is 32.2. The van der Waals surface area contributed by atoms with Crippen LogP contribution in [-0.4, -0.2) is 36.3 Å². The van der Waals surface area contributed by atoms with Crippen molar-refractivity contribution in [3.8, 4) is 10.4 Å². The summed E-state index contributed by atoms with van der Waals surface area (Å²) in [6.45, 7) is 2.67. The molecule has 1 N–H and O–H groups in total. The predicted molar refractivity (Wildman–Crippen MR) is 124 cm³/mol. The van der Waals surface area contributed by atoms with Crippen LogP contribution >= 0.6 is 11.3 Å². The van der Waals surface area contributed by atoms with Crippen molar-refractivity contribution in [2.75, 3.05) is 18.4 Å². The Morgan fingerprint density at radius 1 is 1.06 bits per heavy atom. The molecule has 166 valence electrons. The maximum atomic E-state index is 13.3. The molecular formula is C23H23N3O4S2. The zero-order valence-corrected chi connectivity index (χ0v) is 19.2. The van der Waals surface area contributed by atoms with Crippen LogP contribution < -0.4 is 10.9 Å². The number of hydrogen-bond donors (Lipinski definition) is 1. The van der Waals surface area contributed by atoms with Gasteiger partial charge in [-0.2, -0.15) is 4.31 Å². The molecule has 5 rings (SSSR count). The number of rotatable bonds is 4. The lowest BCUT2D eigenvalue weighted by molar-refractivity contribution is -0.114. The summed E-state index contributed by atoms with van der Waals surface area (Å²) in [6, 6.07) is 14.0. The van der Waals surface area contributed by atoms with Gasteiger partial charge < -0.3 is 9.88 Å². The third-order valence-corrected chi connectivity index (χ3v) is 8.92. The molecule has 0 radical (unpaired) electrons. The first kappa shape index (κ1) is 21.1. The summed E-state index contributed by atoms with van der Waals surface area (Å²) in [5, 5.41) is 4.60. The summed E-state index contributed by atoms with van der Waals surface area (Å²) in [4.78, 5) is 25.5. The van der Waals surface area contributed by atoms with Crippen molar-refractivity contribution in [1.29, 1.82) is 0 Å². The van der Waals surface area contributed by atoms with Crippen molar-refractivity contribution in [2.24, 2.45) is 5.92 Å². The molecule has 32 heavy (non-hydrogen) atoms. The quantitative estimate of drug-likeness (QED) is 0.635. The molecule has 9 heteroatoms. The van der Waals surface area contributed by atoms with Gasteiger partial charge in [-0.25, -0.2) is 8.42 Å². The van der Waals surface area contributed by atoms with E-state index in [2.05, 4.69) is 5.32 Å². The second-order valence-corrected chi connectivity index (χ2v) is 11.3. The Kier molecular flexibility index (Phi) is 5.27. The third-order valence-electron chi connectivity index (χ3n) is 6.17. The SMILES string of the molecule is CC(=O)Nc1ccc(S(=O)(=O)N2C[C@@H]3C[C@H](C2)c2ccc(-c4cccs4)c(=O)n2C3)cc1. The summed E-state index contributed by atoms with van der Waals surface area (Å²) >= 11 is 1.54. The Hall–Kier alpha value is -2.75. The molecule has 2 aromatic heterocycles. The van der Waals surface area contributed by atoms with Crippen molar-refractivity contribution in [3.05, 3.63) is 70.0 Å². The molecule has 0 unspecified atom stereocenters. The van der Waals surface area contributed by atoms with Crippen LogP contribution in [0.25, 0.3) is 10.4 Å². The van der Waals surface area contributed by atoms with E-state index in [-0.39, 0.29) is 28.2 Å². The third kappa shape index (κ3) is 3.70. The molecule has 1 aromatic carbocycles. The van der Waals surface area contributed by atoms with Crippen molar-refractivity contribution in [2.45, 2.75) is 30.7 Å². The van der Waals surface area contributed by atoms with Crippen molar-refractivity contribution in [3.63, 3.8) is 0 Å². The van der Waals surface area contributed by atoms with Crippen molar-refractivity contribution in [1.82, 2.24) is 8.87 Å². The van der Waals surface area contributed by atoms with Crippen LogP contribution in [0.4, 0.5) is 5.69 Å². The van der Waals surface area contributed by atoms with Gasteiger partial charge in [0.1, 0.15) is 0 Å². The van der Waals surface area contributed by atoms with E-state index in [4.69, 9.17) is 0 Å². The lowest BCUT2D eigenvalue weighted by Gasteiger charge is -2.42. The molecule has 2 aliphatic heterocycles. The van der Waals surface area contributed by atoms with E-state index in [1.165, 1.54) is 19.1 Å². The van der Waals surface area contributed by atoms with E-state index in [0.29, 0.717) is 30.9 Å². The fourth-order valence-corrected chi connectivity index (χ4v) is 7.08. The summed E-state index contributed by atoms with van der Waals surface area (Å²) in [5.74, 6) is -0.132. The molecule has 0 saturated carbocycles. The molecule has 7 nitrogen and oxygen atoms in total. The highest BCUT2D eigenvalue weighted by molar-refractivity contribution is 7.89. The number of sulfonamides is 1. The van der Waals surface area contributed by atoms with Gasteiger partial charge in [0.2, 0.25) is 15.9 Å². The van der Waals surface area contributed by atoms with E-state index >= 15 is 0 Å². The number of thiophene rings is 1. The number of aromatic nitrogens is 1. The summed E-state index contributed by atoms with van der Waals surface area (Å²) in [5.41, 5.74) is 2.17. The number of nitrogens with one attached hydrogen (secondary N) is 1. The number of carbonyl (C=O) groups excluding carboxylic acids is 1. The molecule has 4 heterocycles. The van der Waals surface area contributed by atoms with Crippen LogP contribution in [0, 0.1) is 5.92 Å². The molecule has 2 bridgehead atoms. The number of anilines is 1. The zero-order valence-electron chi connectivity index (χ0n) is 17.5. The number of piperidine rings is 1. The van der Waals surface area contributed by atoms with Gasteiger partial charge in [0.15, 0.2) is 0 Å². The Morgan fingerprint density at radius 3 is 2.53 bits per heavy atom. The van der Waals surface area contributed by atoms with Gasteiger partial charge in [0.05, 0.1) is 10.5 Å². The second-order valence-electron chi connectivity index (χ2n) is 8.39. The normalized spacial score (nSPS) is 20.5. The van der Waals surface area contributed by atoms with E-state index in [0.717, 1.165) is 17.0 Å². The maximum Gasteiger partial charge on any atom is 0.259 e. The molecule has 1 fully saturated rings. The molecule has 3 aromatic rings. The molecule has 0 spiro atoms. The van der Waals surface area contributed by atoms with Gasteiger partial charge in [0.25, 0.3) is 5.56 Å². The Labute approximate surface area is 190 Å². The zero-order chi connectivity index (χ0) is 22.5. The van der Waals surface area contributed by atoms with Crippen molar-refractivity contribution < 1.29 is 13.2 Å². The van der Waals surface area contributed by atoms with E-state index < -0.39 is 10.0 Å². The lowest BCUT2D eigenvalue weighted by atomic mass is 9.84. The largest absolute Gasteiger partial charge is 0.326 e. The molecule has 2 atom stereocenters. The minimum Gasteiger partial charge on any atom is -0.326 e. The molecule has 1 saturated heterocycles. The highest BCUT2D eigenvalue weighted by Gasteiger charge is 2.39. The second kappa shape index (κ2) is 7.99. The number of benzene rings is 1. The topological polar surface area (TPSA) is 88.5 Å². The Bertz CT molecular complexity index is 1330. The van der Waals surface area contributed by atoms with Gasteiger partial charge in [0, 0.05) is 48.7 Å². The van der Waals surface area contributed by atoms with E-state index in [9.17, 15) is 18.0 Å². The predicted octanol–water partition coefficient (Wildman–Crippen LogP) is 3.34.